The van der Waals surface area contributed by atoms with Gasteiger partial charge in [0.15, 0.2) is 5.41 Å². The number of esters is 1. The van der Waals surface area contributed by atoms with E-state index in [1.54, 1.807) is 29.2 Å². The second kappa shape index (κ2) is 8.21. The molecule has 4 rings (SSSR count). The number of amides is 1. The number of nitrogens with zero attached hydrogens (tertiary/aromatic N) is 2. The lowest BCUT2D eigenvalue weighted by Gasteiger charge is -2.35. The molecule has 2 N–H and O–H groups in total. The number of benzene rings is 2. The summed E-state index contributed by atoms with van der Waals surface area (Å²) in [4.78, 5) is 28.8. The summed E-state index contributed by atoms with van der Waals surface area (Å²) in [6.07, 6.45) is 0. The van der Waals surface area contributed by atoms with Gasteiger partial charge in [0, 0.05) is 18.4 Å². The molecule has 2 aromatic carbocycles. The zero-order valence-corrected chi connectivity index (χ0v) is 17.6. The average Bonchev–Trinajstić information content (AvgIpc) is 3.03. The molecule has 1 amide bonds. The molecule has 0 fully saturated rings. The maximum Gasteiger partial charge on any atom is 0.339 e. The number of hydrogen-bond acceptors (Lipinski definition) is 7. The maximum atomic E-state index is 14.2. The highest BCUT2D eigenvalue weighted by molar-refractivity contribution is 6.18. The Labute approximate surface area is 185 Å². The topological polar surface area (TPSA) is 115 Å². The fourth-order valence-electron chi connectivity index (χ4n) is 4.35. The Kier molecular flexibility index (Phi) is 5.43. The molecule has 8 heteroatoms. The Morgan fingerprint density at radius 1 is 1.16 bits per heavy atom. The van der Waals surface area contributed by atoms with E-state index in [0.717, 1.165) is 5.56 Å². The number of methoxy groups -OCH3 is 2. The normalized spacial score (nSPS) is 19.7. The molecule has 8 nitrogen and oxygen atoms in total. The summed E-state index contributed by atoms with van der Waals surface area (Å²) in [6.45, 7) is 0.103. The van der Waals surface area contributed by atoms with Gasteiger partial charge in [-0.05, 0) is 11.6 Å². The standard InChI is InChI=1S/C24H21N3O5/c1-30-14-19-20(22(28)31-2)24(17(12-25)21(26)32-19)16-10-6-7-11-18(16)27(23(24)29)13-15-8-4-3-5-9-15/h3-11H,13-14,26H2,1-2H3. The summed E-state index contributed by atoms with van der Waals surface area (Å²) in [5.41, 5.74) is 5.95. The van der Waals surface area contributed by atoms with Crippen LogP contribution in [0.3, 0.4) is 0 Å². The first-order valence-corrected chi connectivity index (χ1v) is 9.85. The van der Waals surface area contributed by atoms with Crippen LogP contribution in [0.2, 0.25) is 0 Å². The third kappa shape index (κ3) is 2.94. The smallest absolute Gasteiger partial charge is 0.339 e. The van der Waals surface area contributed by atoms with Crippen LogP contribution < -0.4 is 10.6 Å². The van der Waals surface area contributed by atoms with Gasteiger partial charge in [0.05, 0.1) is 13.7 Å². The zero-order valence-electron chi connectivity index (χ0n) is 17.6. The van der Waals surface area contributed by atoms with Crippen LogP contribution in [0.15, 0.2) is 77.4 Å². The quantitative estimate of drug-likeness (QED) is 0.722. The van der Waals surface area contributed by atoms with Crippen molar-refractivity contribution in [2.45, 2.75) is 12.0 Å². The Morgan fingerprint density at radius 2 is 1.84 bits per heavy atom. The molecule has 32 heavy (non-hydrogen) atoms. The molecule has 1 unspecified atom stereocenters. The van der Waals surface area contributed by atoms with E-state index in [0.29, 0.717) is 11.3 Å². The molecular weight excluding hydrogens is 410 g/mol. The van der Waals surface area contributed by atoms with Crippen molar-refractivity contribution in [1.29, 1.82) is 5.26 Å². The van der Waals surface area contributed by atoms with Crippen LogP contribution in [-0.4, -0.2) is 32.7 Å². The SMILES string of the molecule is COCC1=C(C(=O)OC)C2(C(=O)N(Cc3ccccc3)c3ccccc32)C(C#N)=C(N)O1. The number of rotatable bonds is 5. The number of nitriles is 1. The Balaban J connectivity index is 2.03. The van der Waals surface area contributed by atoms with Crippen LogP contribution in [-0.2, 0) is 35.8 Å². The van der Waals surface area contributed by atoms with Gasteiger partial charge in [0.1, 0.15) is 29.6 Å². The molecule has 0 saturated carbocycles. The van der Waals surface area contributed by atoms with Gasteiger partial charge in [-0.25, -0.2) is 4.79 Å². The summed E-state index contributed by atoms with van der Waals surface area (Å²) in [6, 6.07) is 18.5. The second-order valence-corrected chi connectivity index (χ2v) is 7.32. The van der Waals surface area contributed by atoms with Gasteiger partial charge < -0.3 is 24.8 Å². The van der Waals surface area contributed by atoms with Crippen molar-refractivity contribution in [3.05, 3.63) is 88.5 Å². The monoisotopic (exact) mass is 431 g/mol. The summed E-state index contributed by atoms with van der Waals surface area (Å²) in [5, 5.41) is 10.1. The van der Waals surface area contributed by atoms with E-state index in [9.17, 15) is 14.9 Å². The van der Waals surface area contributed by atoms with Crippen LogP contribution in [0, 0.1) is 11.3 Å². The van der Waals surface area contributed by atoms with Crippen molar-refractivity contribution in [3.63, 3.8) is 0 Å². The number of ether oxygens (including phenoxy) is 3. The number of carbonyl (C=O) groups excluding carboxylic acids is 2. The van der Waals surface area contributed by atoms with Crippen LogP contribution in [0.25, 0.3) is 0 Å². The molecule has 2 aromatic rings. The van der Waals surface area contributed by atoms with Gasteiger partial charge in [-0.1, -0.05) is 48.5 Å². The van der Waals surface area contributed by atoms with Crippen molar-refractivity contribution >= 4 is 17.6 Å². The van der Waals surface area contributed by atoms with E-state index >= 15 is 0 Å². The third-order valence-corrected chi connectivity index (χ3v) is 5.63. The Bertz CT molecular complexity index is 1200. The third-order valence-electron chi connectivity index (χ3n) is 5.63. The largest absolute Gasteiger partial charge is 0.466 e. The van der Waals surface area contributed by atoms with E-state index in [1.165, 1.54) is 14.2 Å². The minimum atomic E-state index is -1.80. The highest BCUT2D eigenvalue weighted by atomic mass is 16.5. The lowest BCUT2D eigenvalue weighted by atomic mass is 9.68. The lowest BCUT2D eigenvalue weighted by molar-refractivity contribution is -0.138. The fourth-order valence-corrected chi connectivity index (χ4v) is 4.35. The number of anilines is 1. The van der Waals surface area contributed by atoms with E-state index in [4.69, 9.17) is 19.9 Å². The molecular formula is C24H21N3O5. The van der Waals surface area contributed by atoms with Crippen LogP contribution in [0.4, 0.5) is 5.69 Å². The van der Waals surface area contributed by atoms with E-state index in [2.05, 4.69) is 0 Å². The van der Waals surface area contributed by atoms with Gasteiger partial charge in [0.25, 0.3) is 0 Å². The first-order chi connectivity index (χ1) is 15.5. The highest BCUT2D eigenvalue weighted by Gasteiger charge is 2.62. The molecule has 2 aliphatic heterocycles. The van der Waals surface area contributed by atoms with E-state index in [-0.39, 0.29) is 35.9 Å². The van der Waals surface area contributed by atoms with Crippen molar-refractivity contribution in [1.82, 2.24) is 0 Å². The number of carbonyl (C=O) groups is 2. The Morgan fingerprint density at radius 3 is 2.50 bits per heavy atom. The maximum absolute atomic E-state index is 14.2. The summed E-state index contributed by atoms with van der Waals surface area (Å²) in [7, 11) is 2.62. The first kappa shape index (κ1) is 21.2. The molecule has 162 valence electrons. The van der Waals surface area contributed by atoms with Crippen LogP contribution in [0.1, 0.15) is 11.1 Å². The van der Waals surface area contributed by atoms with Crippen molar-refractivity contribution < 1.29 is 23.8 Å². The molecule has 0 radical (unpaired) electrons. The zero-order chi connectivity index (χ0) is 22.9. The summed E-state index contributed by atoms with van der Waals surface area (Å²) in [5.74, 6) is -1.51. The molecule has 0 aliphatic carbocycles. The predicted octanol–water partition coefficient (Wildman–Crippen LogP) is 2.27. The van der Waals surface area contributed by atoms with E-state index in [1.807, 2.05) is 36.4 Å². The van der Waals surface area contributed by atoms with Gasteiger partial charge in [-0.3, -0.25) is 4.79 Å². The minimum Gasteiger partial charge on any atom is -0.466 e. The predicted molar refractivity (Wildman–Crippen MR) is 115 cm³/mol. The summed E-state index contributed by atoms with van der Waals surface area (Å²) >= 11 is 0. The highest BCUT2D eigenvalue weighted by Crippen LogP contribution is 2.54. The lowest BCUT2D eigenvalue weighted by Crippen LogP contribution is -2.48. The van der Waals surface area contributed by atoms with Gasteiger partial charge in [0.2, 0.25) is 11.8 Å². The van der Waals surface area contributed by atoms with E-state index < -0.39 is 17.3 Å². The van der Waals surface area contributed by atoms with Crippen molar-refractivity contribution in [3.8, 4) is 6.07 Å². The molecule has 1 atom stereocenters. The van der Waals surface area contributed by atoms with Crippen LogP contribution >= 0.6 is 0 Å². The number of para-hydroxylation sites is 1. The first-order valence-electron chi connectivity index (χ1n) is 9.85. The molecule has 0 aromatic heterocycles. The van der Waals surface area contributed by atoms with Gasteiger partial charge in [-0.2, -0.15) is 5.26 Å². The summed E-state index contributed by atoms with van der Waals surface area (Å²) < 4.78 is 15.8. The number of nitrogens with two attached hydrogens (primary N) is 1. The Hall–Kier alpha value is -4.09. The fraction of sp³-hybridized carbons (Fsp3) is 0.208. The number of fused-ring (bicyclic) bond motifs is 2. The molecule has 0 saturated heterocycles. The second-order valence-electron chi connectivity index (χ2n) is 7.32. The minimum absolute atomic E-state index is 0.0283. The van der Waals surface area contributed by atoms with Gasteiger partial charge >= 0.3 is 5.97 Å². The molecule has 1 spiro atoms. The van der Waals surface area contributed by atoms with Crippen LogP contribution in [0.5, 0.6) is 0 Å². The van der Waals surface area contributed by atoms with Crippen molar-refractivity contribution in [2.75, 3.05) is 25.7 Å². The molecule has 0 bridgehead atoms. The van der Waals surface area contributed by atoms with Crippen molar-refractivity contribution in [2.24, 2.45) is 5.73 Å². The molecule has 2 heterocycles. The molecule has 2 aliphatic rings. The average molecular weight is 431 g/mol. The number of hydrogen-bond donors (Lipinski definition) is 1. The van der Waals surface area contributed by atoms with Gasteiger partial charge in [-0.15, -0.1) is 0 Å².